The summed E-state index contributed by atoms with van der Waals surface area (Å²) >= 11 is 7.46. The number of halogens is 1. The summed E-state index contributed by atoms with van der Waals surface area (Å²) in [6, 6.07) is 7.32. The SMILES string of the molecule is C[C@H]1CCCN(c2nc3ncn(CC(=O)NCc4ccccc4Cl)c(=O)c3s2)C1. The molecule has 0 unspecified atom stereocenters. The average Bonchev–Trinajstić information content (AvgIpc) is 3.15. The molecule has 152 valence electrons. The highest BCUT2D eigenvalue weighted by atomic mass is 35.5. The van der Waals surface area contributed by atoms with Crippen molar-refractivity contribution in [1.29, 1.82) is 0 Å². The lowest BCUT2D eigenvalue weighted by Crippen LogP contribution is -2.34. The number of hydrogen-bond donors (Lipinski definition) is 1. The second kappa shape index (κ2) is 8.51. The van der Waals surface area contributed by atoms with Crippen molar-refractivity contribution in [2.75, 3.05) is 18.0 Å². The van der Waals surface area contributed by atoms with Gasteiger partial charge in [-0.05, 0) is 30.4 Å². The Kier molecular flexibility index (Phi) is 5.82. The molecule has 1 aliphatic heterocycles. The molecule has 1 aromatic carbocycles. The van der Waals surface area contributed by atoms with Crippen LogP contribution in [0.15, 0.2) is 35.4 Å². The first-order valence-corrected chi connectivity index (χ1v) is 10.8. The van der Waals surface area contributed by atoms with E-state index in [4.69, 9.17) is 11.6 Å². The first-order valence-electron chi connectivity index (χ1n) is 9.62. The molecule has 1 atom stereocenters. The number of piperidine rings is 1. The smallest absolute Gasteiger partial charge is 0.273 e. The van der Waals surface area contributed by atoms with E-state index in [9.17, 15) is 9.59 Å². The van der Waals surface area contributed by atoms with Crippen LogP contribution in [0.4, 0.5) is 5.13 Å². The molecule has 0 saturated carbocycles. The largest absolute Gasteiger partial charge is 0.350 e. The molecule has 1 N–H and O–H groups in total. The number of amides is 1. The Bertz CT molecular complexity index is 1100. The molecule has 0 aliphatic carbocycles. The van der Waals surface area contributed by atoms with Crippen LogP contribution >= 0.6 is 22.9 Å². The van der Waals surface area contributed by atoms with E-state index in [-0.39, 0.29) is 18.0 Å². The van der Waals surface area contributed by atoms with Crippen LogP contribution in [-0.2, 0) is 17.9 Å². The monoisotopic (exact) mass is 431 g/mol. The summed E-state index contributed by atoms with van der Waals surface area (Å²) in [6.07, 6.45) is 3.73. The van der Waals surface area contributed by atoms with Gasteiger partial charge < -0.3 is 10.2 Å². The molecule has 29 heavy (non-hydrogen) atoms. The van der Waals surface area contributed by atoms with Crippen molar-refractivity contribution < 1.29 is 4.79 Å². The van der Waals surface area contributed by atoms with E-state index in [0.29, 0.717) is 27.8 Å². The van der Waals surface area contributed by atoms with Gasteiger partial charge in [0, 0.05) is 24.7 Å². The molecular weight excluding hydrogens is 410 g/mol. The molecule has 0 bridgehead atoms. The van der Waals surface area contributed by atoms with Gasteiger partial charge in [0.1, 0.15) is 17.6 Å². The predicted octanol–water partition coefficient (Wildman–Crippen LogP) is 3.06. The summed E-state index contributed by atoms with van der Waals surface area (Å²) in [4.78, 5) is 36.2. The molecule has 3 aromatic rings. The fraction of sp³-hybridized carbons (Fsp3) is 0.400. The first kappa shape index (κ1) is 19.8. The minimum Gasteiger partial charge on any atom is -0.350 e. The number of carbonyl (C=O) groups is 1. The molecule has 1 saturated heterocycles. The van der Waals surface area contributed by atoms with Crippen LogP contribution in [0.2, 0.25) is 5.02 Å². The third-order valence-electron chi connectivity index (χ3n) is 5.05. The van der Waals surface area contributed by atoms with E-state index < -0.39 is 0 Å². The van der Waals surface area contributed by atoms with E-state index in [2.05, 4.69) is 27.1 Å². The number of benzene rings is 1. The topological polar surface area (TPSA) is 80.1 Å². The molecular formula is C20H22ClN5O2S. The highest BCUT2D eigenvalue weighted by Gasteiger charge is 2.21. The van der Waals surface area contributed by atoms with Crippen molar-refractivity contribution in [3.63, 3.8) is 0 Å². The van der Waals surface area contributed by atoms with E-state index in [1.54, 1.807) is 6.07 Å². The zero-order valence-electron chi connectivity index (χ0n) is 16.1. The van der Waals surface area contributed by atoms with Crippen molar-refractivity contribution in [1.82, 2.24) is 19.9 Å². The standard InChI is InChI=1S/C20H22ClN5O2S/c1-13-5-4-8-25(10-13)20-24-18-17(29-20)19(28)26(12-23-18)11-16(27)22-9-14-6-2-3-7-15(14)21/h2-3,6-7,12-13H,4-5,8-11H2,1H3,(H,22,27)/t13-/m0/s1. The fourth-order valence-corrected chi connectivity index (χ4v) is 4.70. The number of anilines is 1. The van der Waals surface area contributed by atoms with Crippen LogP contribution in [0, 0.1) is 5.92 Å². The summed E-state index contributed by atoms with van der Waals surface area (Å²) in [5, 5.41) is 4.22. The van der Waals surface area contributed by atoms with Gasteiger partial charge in [-0.3, -0.25) is 14.2 Å². The Hall–Kier alpha value is -2.45. The zero-order chi connectivity index (χ0) is 20.4. The third kappa shape index (κ3) is 4.43. The van der Waals surface area contributed by atoms with E-state index in [0.717, 1.165) is 30.2 Å². The fourth-order valence-electron chi connectivity index (χ4n) is 3.49. The number of hydrogen-bond acceptors (Lipinski definition) is 6. The Morgan fingerprint density at radius 1 is 1.38 bits per heavy atom. The Labute approximate surface area is 177 Å². The minimum atomic E-state index is -0.275. The summed E-state index contributed by atoms with van der Waals surface area (Å²) in [6.45, 7) is 4.33. The Balaban J connectivity index is 1.48. The van der Waals surface area contributed by atoms with Gasteiger partial charge in [0.25, 0.3) is 5.56 Å². The van der Waals surface area contributed by atoms with Crippen molar-refractivity contribution in [2.24, 2.45) is 5.92 Å². The van der Waals surface area contributed by atoms with Crippen molar-refractivity contribution in [3.05, 3.63) is 51.5 Å². The minimum absolute atomic E-state index is 0.0970. The molecule has 1 amide bonds. The van der Waals surface area contributed by atoms with Crippen LogP contribution in [0.1, 0.15) is 25.3 Å². The molecule has 1 fully saturated rings. The van der Waals surface area contributed by atoms with Gasteiger partial charge in [-0.1, -0.05) is 48.1 Å². The summed E-state index contributed by atoms with van der Waals surface area (Å²) in [5.74, 6) is 0.338. The van der Waals surface area contributed by atoms with Gasteiger partial charge in [0.05, 0.1) is 0 Å². The number of thiazole rings is 1. The van der Waals surface area contributed by atoms with Gasteiger partial charge in [0.15, 0.2) is 10.8 Å². The van der Waals surface area contributed by atoms with Gasteiger partial charge >= 0.3 is 0 Å². The molecule has 0 spiro atoms. The molecule has 9 heteroatoms. The summed E-state index contributed by atoms with van der Waals surface area (Å²) < 4.78 is 1.81. The van der Waals surface area contributed by atoms with Gasteiger partial charge in [0.2, 0.25) is 5.91 Å². The predicted molar refractivity (Wildman–Crippen MR) is 116 cm³/mol. The molecule has 4 rings (SSSR count). The first-order chi connectivity index (χ1) is 14.0. The lowest BCUT2D eigenvalue weighted by molar-refractivity contribution is -0.121. The van der Waals surface area contributed by atoms with Gasteiger partial charge in [-0.2, -0.15) is 4.98 Å². The number of aromatic nitrogens is 3. The van der Waals surface area contributed by atoms with E-state index in [1.807, 2.05) is 18.2 Å². The summed E-state index contributed by atoms with van der Waals surface area (Å²) in [7, 11) is 0. The summed E-state index contributed by atoms with van der Waals surface area (Å²) in [5.41, 5.74) is 1.03. The van der Waals surface area contributed by atoms with Crippen molar-refractivity contribution in [2.45, 2.75) is 32.9 Å². The molecule has 1 aliphatic rings. The van der Waals surface area contributed by atoms with Crippen molar-refractivity contribution >= 4 is 44.3 Å². The van der Waals surface area contributed by atoms with Crippen LogP contribution < -0.4 is 15.8 Å². The third-order valence-corrected chi connectivity index (χ3v) is 6.51. The van der Waals surface area contributed by atoms with Crippen LogP contribution in [0.5, 0.6) is 0 Å². The molecule has 3 heterocycles. The number of fused-ring (bicyclic) bond motifs is 1. The zero-order valence-corrected chi connectivity index (χ0v) is 17.7. The lowest BCUT2D eigenvalue weighted by Gasteiger charge is -2.30. The quantitative estimate of drug-likeness (QED) is 0.671. The molecule has 2 aromatic heterocycles. The molecule has 7 nitrogen and oxygen atoms in total. The van der Waals surface area contributed by atoms with Crippen LogP contribution in [-0.4, -0.2) is 33.5 Å². The second-order valence-electron chi connectivity index (χ2n) is 7.39. The Morgan fingerprint density at radius 2 is 2.21 bits per heavy atom. The lowest BCUT2D eigenvalue weighted by atomic mass is 10.0. The highest BCUT2D eigenvalue weighted by Crippen LogP contribution is 2.29. The number of rotatable bonds is 5. The Morgan fingerprint density at radius 3 is 3.00 bits per heavy atom. The van der Waals surface area contributed by atoms with Crippen molar-refractivity contribution in [3.8, 4) is 0 Å². The number of nitrogens with one attached hydrogen (secondary N) is 1. The second-order valence-corrected chi connectivity index (χ2v) is 8.77. The maximum atomic E-state index is 12.8. The van der Waals surface area contributed by atoms with E-state index in [1.165, 1.54) is 28.7 Å². The highest BCUT2D eigenvalue weighted by molar-refractivity contribution is 7.22. The van der Waals surface area contributed by atoms with Crippen LogP contribution in [0.25, 0.3) is 10.3 Å². The number of carbonyl (C=O) groups excluding carboxylic acids is 1. The average molecular weight is 432 g/mol. The van der Waals surface area contributed by atoms with Crippen LogP contribution in [0.3, 0.4) is 0 Å². The number of nitrogens with zero attached hydrogens (tertiary/aromatic N) is 4. The van der Waals surface area contributed by atoms with Gasteiger partial charge in [-0.25, -0.2) is 4.98 Å². The maximum Gasteiger partial charge on any atom is 0.273 e. The van der Waals surface area contributed by atoms with Gasteiger partial charge in [-0.15, -0.1) is 0 Å². The molecule has 0 radical (unpaired) electrons. The normalized spacial score (nSPS) is 16.9. The van der Waals surface area contributed by atoms with E-state index >= 15 is 0 Å². The maximum absolute atomic E-state index is 12.8.